The summed E-state index contributed by atoms with van der Waals surface area (Å²) < 4.78 is -0.290. The lowest BCUT2D eigenvalue weighted by molar-refractivity contribution is 0.0689. The van der Waals surface area contributed by atoms with Gasteiger partial charge in [-0.15, -0.1) is 23.5 Å². The van der Waals surface area contributed by atoms with Crippen LogP contribution in [0.25, 0.3) is 0 Å². The van der Waals surface area contributed by atoms with E-state index in [1.807, 2.05) is 0 Å². The van der Waals surface area contributed by atoms with Gasteiger partial charge in [0.05, 0.1) is 18.1 Å². The van der Waals surface area contributed by atoms with Crippen LogP contribution in [0.1, 0.15) is 20.3 Å². The number of rotatable bonds is 2. The summed E-state index contributed by atoms with van der Waals surface area (Å²) in [4.78, 5) is 0. The van der Waals surface area contributed by atoms with Crippen LogP contribution in [0.5, 0.6) is 0 Å². The number of nitriles is 1. The Morgan fingerprint density at radius 2 is 2.00 bits per heavy atom. The van der Waals surface area contributed by atoms with E-state index in [1.165, 1.54) is 0 Å². The molecule has 1 rings (SSSR count). The van der Waals surface area contributed by atoms with Crippen LogP contribution in [0, 0.1) is 11.3 Å². The van der Waals surface area contributed by atoms with Crippen LogP contribution < -0.4 is 0 Å². The van der Waals surface area contributed by atoms with E-state index in [-0.39, 0.29) is 4.08 Å². The van der Waals surface area contributed by atoms with Crippen molar-refractivity contribution >= 4 is 23.5 Å². The molecule has 0 radical (unpaired) electrons. The molecular weight excluding hydrogens is 190 g/mol. The van der Waals surface area contributed by atoms with Crippen LogP contribution in [0.2, 0.25) is 0 Å². The third kappa shape index (κ3) is 1.73. The Balaban J connectivity index is 2.80. The summed E-state index contributed by atoms with van der Waals surface area (Å²) in [7, 11) is 0. The van der Waals surface area contributed by atoms with Crippen LogP contribution in [0.15, 0.2) is 0 Å². The first-order valence-corrected chi connectivity index (χ1v) is 5.86. The predicted molar refractivity (Wildman–Crippen MR) is 54.2 cm³/mol. The van der Waals surface area contributed by atoms with E-state index in [4.69, 9.17) is 5.26 Å². The maximum absolute atomic E-state index is 9.91. The van der Waals surface area contributed by atoms with Crippen molar-refractivity contribution in [2.24, 2.45) is 0 Å². The molecule has 68 valence electrons. The third-order valence-electron chi connectivity index (χ3n) is 2.00. The molecule has 0 atom stereocenters. The molecule has 1 aliphatic rings. The fourth-order valence-electron chi connectivity index (χ4n) is 1.23. The average molecular weight is 203 g/mol. The first-order chi connectivity index (χ1) is 5.52. The molecular formula is C8H13NOS2. The monoisotopic (exact) mass is 203 g/mol. The molecule has 1 aliphatic heterocycles. The molecule has 0 aliphatic carbocycles. The SMILES string of the molecule is CC(C)(O)C1(CC#N)SCCS1. The maximum atomic E-state index is 9.91. The van der Waals surface area contributed by atoms with Gasteiger partial charge in [0, 0.05) is 11.5 Å². The number of thioether (sulfide) groups is 2. The molecule has 0 aromatic rings. The standard InChI is InChI=1S/C8H13NOS2/c1-7(2,10)8(3-4-9)11-5-6-12-8/h10H,3,5-6H2,1-2H3. The highest BCUT2D eigenvalue weighted by molar-refractivity contribution is 8.21. The van der Waals surface area contributed by atoms with E-state index in [2.05, 4.69) is 6.07 Å². The summed E-state index contributed by atoms with van der Waals surface area (Å²) >= 11 is 3.42. The van der Waals surface area contributed by atoms with Crippen molar-refractivity contribution in [1.29, 1.82) is 5.26 Å². The van der Waals surface area contributed by atoms with Gasteiger partial charge in [-0.1, -0.05) is 0 Å². The molecule has 1 N–H and O–H groups in total. The second kappa shape index (κ2) is 3.49. The lowest BCUT2D eigenvalue weighted by atomic mass is 10.0. The molecule has 0 amide bonds. The Labute approximate surface area is 81.7 Å². The Kier molecular flexibility index (Phi) is 2.97. The summed E-state index contributed by atoms with van der Waals surface area (Å²) in [5, 5.41) is 18.6. The van der Waals surface area contributed by atoms with Gasteiger partial charge in [0.2, 0.25) is 0 Å². The Morgan fingerprint density at radius 1 is 1.50 bits per heavy atom. The Hall–Kier alpha value is 0.150. The highest BCUT2D eigenvalue weighted by Gasteiger charge is 2.47. The topological polar surface area (TPSA) is 44.0 Å². The van der Waals surface area contributed by atoms with E-state index in [0.717, 1.165) is 11.5 Å². The smallest absolute Gasteiger partial charge is 0.102 e. The number of hydrogen-bond acceptors (Lipinski definition) is 4. The number of hydrogen-bond donors (Lipinski definition) is 1. The summed E-state index contributed by atoms with van der Waals surface area (Å²) in [5.41, 5.74) is -0.769. The zero-order valence-electron chi connectivity index (χ0n) is 7.33. The molecule has 1 saturated heterocycles. The van der Waals surface area contributed by atoms with Gasteiger partial charge in [-0.3, -0.25) is 0 Å². The van der Waals surface area contributed by atoms with Crippen molar-refractivity contribution in [3.63, 3.8) is 0 Å². The Morgan fingerprint density at radius 3 is 2.33 bits per heavy atom. The first kappa shape index (κ1) is 10.2. The first-order valence-electron chi connectivity index (χ1n) is 3.89. The minimum absolute atomic E-state index is 0.290. The average Bonchev–Trinajstić information content (AvgIpc) is 2.36. The summed E-state index contributed by atoms with van der Waals surface area (Å²) in [5.74, 6) is 2.08. The number of nitrogens with zero attached hydrogens (tertiary/aromatic N) is 1. The van der Waals surface area contributed by atoms with Crippen molar-refractivity contribution in [3.8, 4) is 6.07 Å². The lowest BCUT2D eigenvalue weighted by Gasteiger charge is -2.36. The van der Waals surface area contributed by atoms with Crippen LogP contribution in [0.4, 0.5) is 0 Å². The van der Waals surface area contributed by atoms with Gasteiger partial charge in [-0.2, -0.15) is 5.26 Å². The molecule has 0 aromatic carbocycles. The molecule has 12 heavy (non-hydrogen) atoms. The largest absolute Gasteiger partial charge is 0.388 e. The van der Waals surface area contributed by atoms with Crippen LogP contribution >= 0.6 is 23.5 Å². The lowest BCUT2D eigenvalue weighted by Crippen LogP contribution is -2.42. The maximum Gasteiger partial charge on any atom is 0.102 e. The molecule has 0 aromatic heterocycles. The molecule has 1 fully saturated rings. The van der Waals surface area contributed by atoms with Gasteiger partial charge in [0.15, 0.2) is 0 Å². The van der Waals surface area contributed by atoms with Crippen LogP contribution in [-0.2, 0) is 0 Å². The minimum atomic E-state index is -0.769. The highest BCUT2D eigenvalue weighted by Crippen LogP contribution is 2.52. The second-order valence-corrected chi connectivity index (χ2v) is 6.39. The molecule has 2 nitrogen and oxygen atoms in total. The molecule has 0 unspecified atom stereocenters. The predicted octanol–water partition coefficient (Wildman–Crippen LogP) is 1.85. The summed E-state index contributed by atoms with van der Waals surface area (Å²) in [6.45, 7) is 3.57. The minimum Gasteiger partial charge on any atom is -0.388 e. The summed E-state index contributed by atoms with van der Waals surface area (Å²) in [6, 6.07) is 2.16. The van der Waals surface area contributed by atoms with Gasteiger partial charge in [-0.25, -0.2) is 0 Å². The van der Waals surface area contributed by atoms with Gasteiger partial charge >= 0.3 is 0 Å². The van der Waals surface area contributed by atoms with E-state index in [9.17, 15) is 5.11 Å². The zero-order chi connectivity index (χ0) is 9.24. The van der Waals surface area contributed by atoms with Crippen LogP contribution in [-0.4, -0.2) is 26.3 Å². The summed E-state index contributed by atoms with van der Waals surface area (Å²) in [6.07, 6.45) is 0.422. The van der Waals surface area contributed by atoms with E-state index in [1.54, 1.807) is 37.4 Å². The highest BCUT2D eigenvalue weighted by atomic mass is 32.2. The number of aliphatic hydroxyl groups is 1. The van der Waals surface area contributed by atoms with Crippen molar-refractivity contribution in [2.75, 3.05) is 11.5 Å². The quantitative estimate of drug-likeness (QED) is 0.744. The van der Waals surface area contributed by atoms with Gasteiger partial charge < -0.3 is 5.11 Å². The molecule has 0 saturated carbocycles. The van der Waals surface area contributed by atoms with E-state index < -0.39 is 5.60 Å². The molecule has 1 heterocycles. The molecule has 4 heteroatoms. The third-order valence-corrected chi connectivity index (χ3v) is 6.00. The molecule has 0 bridgehead atoms. The fourth-order valence-corrected chi connectivity index (χ4v) is 4.43. The zero-order valence-corrected chi connectivity index (χ0v) is 8.97. The van der Waals surface area contributed by atoms with Gasteiger partial charge in [-0.05, 0) is 13.8 Å². The van der Waals surface area contributed by atoms with Crippen molar-refractivity contribution in [1.82, 2.24) is 0 Å². The van der Waals surface area contributed by atoms with Crippen molar-refractivity contribution in [3.05, 3.63) is 0 Å². The molecule has 0 spiro atoms. The van der Waals surface area contributed by atoms with Gasteiger partial charge in [0.25, 0.3) is 0 Å². The normalized spacial score (nSPS) is 22.2. The van der Waals surface area contributed by atoms with Gasteiger partial charge in [0.1, 0.15) is 4.08 Å². The van der Waals surface area contributed by atoms with Crippen molar-refractivity contribution < 1.29 is 5.11 Å². The fraction of sp³-hybridized carbons (Fsp3) is 0.875. The van der Waals surface area contributed by atoms with Crippen molar-refractivity contribution in [2.45, 2.75) is 29.9 Å². The van der Waals surface area contributed by atoms with E-state index in [0.29, 0.717) is 6.42 Å². The van der Waals surface area contributed by atoms with Crippen LogP contribution in [0.3, 0.4) is 0 Å². The van der Waals surface area contributed by atoms with E-state index >= 15 is 0 Å². The Bertz CT molecular complexity index is 198. The second-order valence-electron chi connectivity index (χ2n) is 3.34.